The molecule has 42 valence electrons. The van der Waals surface area contributed by atoms with Crippen LogP contribution < -0.4 is 5.48 Å². The van der Waals surface area contributed by atoms with E-state index in [9.17, 15) is 4.79 Å². The van der Waals surface area contributed by atoms with Crippen molar-refractivity contribution in [1.82, 2.24) is 5.48 Å². The number of hydrogen-bond donors (Lipinski definition) is 2. The molecule has 0 fully saturated rings. The van der Waals surface area contributed by atoms with Gasteiger partial charge in [-0.1, -0.05) is 0 Å². The lowest BCUT2D eigenvalue weighted by Crippen LogP contribution is -2.24. The molecular formula is C3H7NO3. The van der Waals surface area contributed by atoms with E-state index in [4.69, 9.17) is 5.11 Å². The molecule has 0 unspecified atom stereocenters. The predicted octanol–water partition coefficient (Wildman–Crippen LogP) is -1.34. The Balaban J connectivity index is 3.00. The van der Waals surface area contributed by atoms with Gasteiger partial charge in [-0.3, -0.25) is 9.63 Å². The van der Waals surface area contributed by atoms with E-state index in [2.05, 4.69) is 4.84 Å². The third-order valence-corrected chi connectivity index (χ3v) is 0.360. The van der Waals surface area contributed by atoms with Crippen molar-refractivity contribution >= 4 is 5.91 Å². The second-order valence-corrected chi connectivity index (χ2v) is 0.887. The van der Waals surface area contributed by atoms with Gasteiger partial charge in [0.25, 0.3) is 5.91 Å². The standard InChI is InChI=1S/C3H7NO3/c1-7-4-3(6)2-5/h5H,2H2,1H3,(H,4,6). The van der Waals surface area contributed by atoms with Gasteiger partial charge >= 0.3 is 0 Å². The summed E-state index contributed by atoms with van der Waals surface area (Å²) < 4.78 is 0. The Kier molecular flexibility index (Phi) is 3.26. The first-order valence-electron chi connectivity index (χ1n) is 1.74. The van der Waals surface area contributed by atoms with Crippen LogP contribution >= 0.6 is 0 Å². The molecule has 4 nitrogen and oxygen atoms in total. The quantitative estimate of drug-likeness (QED) is 0.427. The van der Waals surface area contributed by atoms with E-state index in [1.807, 2.05) is 5.48 Å². The molecule has 0 aliphatic carbocycles. The van der Waals surface area contributed by atoms with Crippen molar-refractivity contribution in [2.24, 2.45) is 0 Å². The first-order valence-corrected chi connectivity index (χ1v) is 1.74. The van der Waals surface area contributed by atoms with Crippen LogP contribution in [0.2, 0.25) is 0 Å². The molecule has 0 radical (unpaired) electrons. The molecule has 0 spiro atoms. The van der Waals surface area contributed by atoms with Crippen molar-refractivity contribution in [2.45, 2.75) is 0 Å². The van der Waals surface area contributed by atoms with E-state index >= 15 is 0 Å². The highest BCUT2D eigenvalue weighted by molar-refractivity contribution is 5.75. The monoisotopic (exact) mass is 105 g/mol. The molecule has 0 aromatic carbocycles. The number of carbonyl (C=O) groups is 1. The van der Waals surface area contributed by atoms with Gasteiger partial charge in [0.2, 0.25) is 0 Å². The zero-order valence-corrected chi connectivity index (χ0v) is 3.97. The largest absolute Gasteiger partial charge is 0.386 e. The van der Waals surface area contributed by atoms with Crippen LogP contribution in [-0.4, -0.2) is 24.7 Å². The summed E-state index contributed by atoms with van der Waals surface area (Å²) in [6, 6.07) is 0. The van der Waals surface area contributed by atoms with Crippen LogP contribution in [0.4, 0.5) is 0 Å². The van der Waals surface area contributed by atoms with Gasteiger partial charge in [0.15, 0.2) is 0 Å². The van der Waals surface area contributed by atoms with E-state index in [0.29, 0.717) is 0 Å². The Morgan fingerprint density at radius 1 is 2.00 bits per heavy atom. The summed E-state index contributed by atoms with van der Waals surface area (Å²) in [6.45, 7) is -0.534. The summed E-state index contributed by atoms with van der Waals surface area (Å²) in [5.41, 5.74) is 1.91. The van der Waals surface area contributed by atoms with Gasteiger partial charge in [0.1, 0.15) is 6.61 Å². The van der Waals surface area contributed by atoms with Gasteiger partial charge in [0.05, 0.1) is 7.11 Å². The SMILES string of the molecule is CONC(=O)CO. The van der Waals surface area contributed by atoms with Crippen molar-refractivity contribution < 1.29 is 14.7 Å². The van der Waals surface area contributed by atoms with Gasteiger partial charge < -0.3 is 5.11 Å². The number of amides is 1. The van der Waals surface area contributed by atoms with Crippen LogP contribution in [0.3, 0.4) is 0 Å². The minimum atomic E-state index is -0.539. The van der Waals surface area contributed by atoms with Crippen LogP contribution in [-0.2, 0) is 9.63 Å². The lowest BCUT2D eigenvalue weighted by Gasteiger charge is -1.93. The number of nitrogens with one attached hydrogen (secondary N) is 1. The molecule has 2 N–H and O–H groups in total. The molecule has 4 heteroatoms. The van der Waals surface area contributed by atoms with Crippen molar-refractivity contribution in [3.63, 3.8) is 0 Å². The van der Waals surface area contributed by atoms with Crippen molar-refractivity contribution in [1.29, 1.82) is 0 Å². The Morgan fingerprint density at radius 3 is 2.71 bits per heavy atom. The molecule has 0 aliphatic heterocycles. The highest BCUT2D eigenvalue weighted by atomic mass is 16.6. The summed E-state index contributed by atoms with van der Waals surface area (Å²) in [5, 5.41) is 7.97. The fraction of sp³-hybridized carbons (Fsp3) is 0.667. The number of aliphatic hydroxyl groups is 1. The van der Waals surface area contributed by atoms with E-state index in [-0.39, 0.29) is 0 Å². The number of rotatable bonds is 2. The number of aliphatic hydroxyl groups excluding tert-OH is 1. The van der Waals surface area contributed by atoms with Gasteiger partial charge in [-0.15, -0.1) is 0 Å². The summed E-state index contributed by atoms with van der Waals surface area (Å²) in [4.78, 5) is 14.1. The molecule has 7 heavy (non-hydrogen) atoms. The van der Waals surface area contributed by atoms with E-state index in [1.54, 1.807) is 0 Å². The number of hydroxylamine groups is 1. The van der Waals surface area contributed by atoms with Crippen LogP contribution in [0, 0.1) is 0 Å². The van der Waals surface area contributed by atoms with E-state index in [1.165, 1.54) is 7.11 Å². The molecule has 0 atom stereocenters. The van der Waals surface area contributed by atoms with Gasteiger partial charge in [0, 0.05) is 0 Å². The predicted molar refractivity (Wildman–Crippen MR) is 22.2 cm³/mol. The molecule has 0 aromatic heterocycles. The first kappa shape index (κ1) is 6.39. The average Bonchev–Trinajstić information content (AvgIpc) is 1.68. The summed E-state index contributed by atoms with van der Waals surface area (Å²) in [5.74, 6) is -0.539. The second kappa shape index (κ2) is 3.58. The molecule has 0 saturated carbocycles. The normalized spacial score (nSPS) is 8.29. The van der Waals surface area contributed by atoms with Gasteiger partial charge in [-0.25, -0.2) is 5.48 Å². The Morgan fingerprint density at radius 2 is 2.57 bits per heavy atom. The van der Waals surface area contributed by atoms with E-state index in [0.717, 1.165) is 0 Å². The van der Waals surface area contributed by atoms with Crippen LogP contribution in [0.25, 0.3) is 0 Å². The minimum Gasteiger partial charge on any atom is -0.386 e. The van der Waals surface area contributed by atoms with Crippen LogP contribution in [0.1, 0.15) is 0 Å². The zero-order chi connectivity index (χ0) is 5.70. The lowest BCUT2D eigenvalue weighted by atomic mass is 10.7. The van der Waals surface area contributed by atoms with Crippen molar-refractivity contribution in [2.75, 3.05) is 13.7 Å². The molecule has 1 amide bonds. The highest BCUT2D eigenvalue weighted by Crippen LogP contribution is 1.57. The maximum absolute atomic E-state index is 9.93. The molecule has 0 rings (SSSR count). The fourth-order valence-corrected chi connectivity index (χ4v) is 0.146. The fourth-order valence-electron chi connectivity index (χ4n) is 0.146. The topological polar surface area (TPSA) is 58.6 Å². The van der Waals surface area contributed by atoms with Gasteiger partial charge in [-0.05, 0) is 0 Å². The molecule has 0 aromatic rings. The minimum absolute atomic E-state index is 0.534. The van der Waals surface area contributed by atoms with Crippen LogP contribution in [0.15, 0.2) is 0 Å². The van der Waals surface area contributed by atoms with Gasteiger partial charge in [-0.2, -0.15) is 0 Å². The smallest absolute Gasteiger partial charge is 0.269 e. The molecule has 0 bridgehead atoms. The summed E-state index contributed by atoms with van der Waals surface area (Å²) in [6.07, 6.45) is 0. The zero-order valence-electron chi connectivity index (χ0n) is 3.97. The Labute approximate surface area is 41.0 Å². The molecule has 0 saturated heterocycles. The number of hydrogen-bond acceptors (Lipinski definition) is 3. The summed E-state index contributed by atoms with van der Waals surface area (Å²) in [7, 11) is 1.30. The molecule has 0 aliphatic rings. The third kappa shape index (κ3) is 3.21. The van der Waals surface area contributed by atoms with Crippen molar-refractivity contribution in [3.05, 3.63) is 0 Å². The molecule has 0 heterocycles. The average molecular weight is 105 g/mol. The maximum Gasteiger partial charge on any atom is 0.269 e. The number of carbonyl (C=O) groups excluding carboxylic acids is 1. The molecular weight excluding hydrogens is 98.0 g/mol. The Bertz CT molecular complexity index is 63.2. The first-order chi connectivity index (χ1) is 3.31. The van der Waals surface area contributed by atoms with Crippen molar-refractivity contribution in [3.8, 4) is 0 Å². The lowest BCUT2D eigenvalue weighted by molar-refractivity contribution is -0.134. The maximum atomic E-state index is 9.93. The second-order valence-electron chi connectivity index (χ2n) is 0.887. The van der Waals surface area contributed by atoms with E-state index < -0.39 is 12.5 Å². The Hall–Kier alpha value is -0.610. The summed E-state index contributed by atoms with van der Waals surface area (Å²) >= 11 is 0. The van der Waals surface area contributed by atoms with Crippen LogP contribution in [0.5, 0.6) is 0 Å². The third-order valence-electron chi connectivity index (χ3n) is 0.360. The highest BCUT2D eigenvalue weighted by Gasteiger charge is 1.90.